The fourth-order valence-electron chi connectivity index (χ4n) is 2.93. The summed E-state index contributed by atoms with van der Waals surface area (Å²) in [6.45, 7) is 0.405. The maximum atomic E-state index is 13.0. The van der Waals surface area contributed by atoms with Crippen LogP contribution in [0.1, 0.15) is 28.2 Å². The minimum atomic E-state index is -5.43. The second-order valence-electron chi connectivity index (χ2n) is 5.99. The number of sulfone groups is 1. The van der Waals surface area contributed by atoms with E-state index in [1.165, 1.54) is 6.07 Å². The highest BCUT2D eigenvalue weighted by Crippen LogP contribution is 2.37. The van der Waals surface area contributed by atoms with Crippen LogP contribution in [0.2, 0.25) is 0 Å². The van der Waals surface area contributed by atoms with Gasteiger partial charge < -0.3 is 5.32 Å². The zero-order chi connectivity index (χ0) is 19.7. The fraction of sp³-hybridized carbons (Fsp3) is 0.200. The van der Waals surface area contributed by atoms with E-state index >= 15 is 0 Å². The van der Waals surface area contributed by atoms with Gasteiger partial charge in [0.1, 0.15) is 0 Å². The lowest BCUT2D eigenvalue weighted by atomic mass is 9.88. The second-order valence-corrected chi connectivity index (χ2v) is 7.93. The Morgan fingerprint density at radius 3 is 2.37 bits per heavy atom. The standard InChI is InChI=1S/C20H16F3NO2S/c1-24-12-4-7-18-17-6-3-2-5-14(17)8-9-15-10-11-16(13-19(15)18)27(25,26)20(21,22)23/h2-3,5-6,8-11,13,18,24H,12H2,1H3. The molecule has 1 aliphatic rings. The van der Waals surface area contributed by atoms with Crippen molar-refractivity contribution in [3.8, 4) is 11.8 Å². The van der Waals surface area contributed by atoms with Gasteiger partial charge in [0.2, 0.25) is 0 Å². The molecular weight excluding hydrogens is 375 g/mol. The van der Waals surface area contributed by atoms with Crippen LogP contribution < -0.4 is 5.32 Å². The van der Waals surface area contributed by atoms with E-state index in [2.05, 4.69) is 17.2 Å². The molecule has 0 saturated heterocycles. The van der Waals surface area contributed by atoms with Crippen LogP contribution in [0.5, 0.6) is 0 Å². The van der Waals surface area contributed by atoms with Crippen LogP contribution >= 0.6 is 0 Å². The Balaban J connectivity index is 2.23. The van der Waals surface area contributed by atoms with Gasteiger partial charge >= 0.3 is 5.51 Å². The van der Waals surface area contributed by atoms with E-state index in [0.29, 0.717) is 17.7 Å². The molecular formula is C20H16F3NO2S. The van der Waals surface area contributed by atoms with Gasteiger partial charge in [0, 0.05) is 0 Å². The van der Waals surface area contributed by atoms with Gasteiger partial charge in [-0.15, -0.1) is 0 Å². The maximum absolute atomic E-state index is 13.0. The molecule has 0 fully saturated rings. The van der Waals surface area contributed by atoms with Gasteiger partial charge in [-0.3, -0.25) is 0 Å². The molecule has 1 N–H and O–H groups in total. The van der Waals surface area contributed by atoms with Crippen molar-refractivity contribution < 1.29 is 21.6 Å². The number of benzene rings is 2. The minimum absolute atomic E-state index is 0.405. The van der Waals surface area contributed by atoms with Crippen molar-refractivity contribution in [2.24, 2.45) is 0 Å². The van der Waals surface area contributed by atoms with E-state index in [4.69, 9.17) is 0 Å². The molecule has 2 aromatic rings. The number of alkyl halides is 3. The van der Waals surface area contributed by atoms with Crippen LogP contribution in [0.25, 0.3) is 12.2 Å². The van der Waals surface area contributed by atoms with Crippen LogP contribution in [0.3, 0.4) is 0 Å². The number of hydrogen-bond acceptors (Lipinski definition) is 3. The third-order valence-electron chi connectivity index (χ3n) is 4.25. The molecule has 0 heterocycles. The molecule has 3 nitrogen and oxygen atoms in total. The highest BCUT2D eigenvalue weighted by molar-refractivity contribution is 7.92. The summed E-state index contributed by atoms with van der Waals surface area (Å²) in [5.41, 5.74) is -2.58. The first-order valence-corrected chi connectivity index (χ1v) is 9.59. The molecule has 0 saturated carbocycles. The Hall–Kier alpha value is -2.56. The van der Waals surface area contributed by atoms with E-state index < -0.39 is 26.2 Å². The summed E-state index contributed by atoms with van der Waals surface area (Å²) in [6.07, 6.45) is 3.61. The van der Waals surface area contributed by atoms with Gasteiger partial charge in [0.15, 0.2) is 0 Å². The Morgan fingerprint density at radius 2 is 1.70 bits per heavy atom. The summed E-state index contributed by atoms with van der Waals surface area (Å²) < 4.78 is 62.6. The lowest BCUT2D eigenvalue weighted by Crippen LogP contribution is -2.23. The van der Waals surface area contributed by atoms with E-state index in [9.17, 15) is 21.6 Å². The van der Waals surface area contributed by atoms with Crippen LogP contribution in [0, 0.1) is 11.8 Å². The predicted molar refractivity (Wildman–Crippen MR) is 98.6 cm³/mol. The van der Waals surface area contributed by atoms with Gasteiger partial charge in [0.25, 0.3) is 9.84 Å². The molecule has 2 aromatic carbocycles. The van der Waals surface area contributed by atoms with Crippen LogP contribution in [0.4, 0.5) is 13.2 Å². The average molecular weight is 391 g/mol. The van der Waals surface area contributed by atoms with Crippen LogP contribution in [-0.4, -0.2) is 27.5 Å². The Morgan fingerprint density at radius 1 is 1.04 bits per heavy atom. The van der Waals surface area contributed by atoms with Gasteiger partial charge in [-0.1, -0.05) is 54.3 Å². The zero-order valence-electron chi connectivity index (χ0n) is 14.3. The molecule has 1 aliphatic carbocycles. The molecule has 1 unspecified atom stereocenters. The normalized spacial score (nSPS) is 15.9. The topological polar surface area (TPSA) is 46.2 Å². The summed E-state index contributed by atoms with van der Waals surface area (Å²) in [7, 11) is -3.70. The van der Waals surface area contributed by atoms with Crippen molar-refractivity contribution in [3.63, 3.8) is 0 Å². The van der Waals surface area contributed by atoms with Gasteiger partial charge in [-0.05, 0) is 41.4 Å². The molecule has 3 rings (SSSR count). The molecule has 0 amide bonds. The quantitative estimate of drug-likeness (QED) is 0.792. The predicted octanol–water partition coefficient (Wildman–Crippen LogP) is 3.82. The van der Waals surface area contributed by atoms with E-state index in [0.717, 1.165) is 23.3 Å². The number of nitrogens with one attached hydrogen (secondary N) is 1. The van der Waals surface area contributed by atoms with Crippen LogP contribution in [-0.2, 0) is 9.84 Å². The first-order chi connectivity index (χ1) is 12.8. The molecule has 0 bridgehead atoms. The third kappa shape index (κ3) is 3.64. The zero-order valence-corrected chi connectivity index (χ0v) is 15.2. The van der Waals surface area contributed by atoms with Crippen molar-refractivity contribution in [2.45, 2.75) is 16.3 Å². The van der Waals surface area contributed by atoms with Crippen molar-refractivity contribution in [2.75, 3.05) is 13.6 Å². The summed E-state index contributed by atoms with van der Waals surface area (Å²) in [5, 5.41) is 2.89. The molecule has 140 valence electrons. The highest BCUT2D eigenvalue weighted by atomic mass is 32.2. The summed E-state index contributed by atoms with van der Waals surface area (Å²) in [4.78, 5) is -0.776. The Kier molecular flexibility index (Phi) is 5.13. The van der Waals surface area contributed by atoms with E-state index in [-0.39, 0.29) is 0 Å². The van der Waals surface area contributed by atoms with Crippen molar-refractivity contribution in [1.82, 2.24) is 5.32 Å². The van der Waals surface area contributed by atoms with Gasteiger partial charge in [-0.2, -0.15) is 13.2 Å². The Bertz CT molecular complexity index is 1060. The first kappa shape index (κ1) is 19.2. The molecule has 0 aromatic heterocycles. The van der Waals surface area contributed by atoms with Gasteiger partial charge in [0.05, 0.1) is 17.4 Å². The SMILES string of the molecule is CNCC#CC1c2ccccc2C=Cc2ccc(S(=O)(=O)C(F)(F)F)cc21. The Labute approximate surface area is 155 Å². The molecule has 0 spiro atoms. The highest BCUT2D eigenvalue weighted by Gasteiger charge is 2.47. The number of halogens is 3. The molecule has 7 heteroatoms. The summed E-state index contributed by atoms with van der Waals surface area (Å²) >= 11 is 0. The van der Waals surface area contributed by atoms with E-state index in [1.807, 2.05) is 30.3 Å². The largest absolute Gasteiger partial charge is 0.501 e. The number of fused-ring (bicyclic) bond motifs is 2. The molecule has 0 radical (unpaired) electrons. The average Bonchev–Trinajstić information content (AvgIpc) is 2.78. The second kappa shape index (κ2) is 7.22. The minimum Gasteiger partial charge on any atom is -0.309 e. The number of rotatable bonds is 2. The summed E-state index contributed by atoms with van der Waals surface area (Å²) in [5.74, 6) is 5.47. The molecule has 27 heavy (non-hydrogen) atoms. The lowest BCUT2D eigenvalue weighted by molar-refractivity contribution is -0.0436. The van der Waals surface area contributed by atoms with Crippen molar-refractivity contribution in [1.29, 1.82) is 0 Å². The van der Waals surface area contributed by atoms with Crippen molar-refractivity contribution in [3.05, 3.63) is 64.7 Å². The summed E-state index contributed by atoms with van der Waals surface area (Å²) in [6, 6.07) is 10.9. The monoisotopic (exact) mass is 391 g/mol. The molecule has 1 atom stereocenters. The maximum Gasteiger partial charge on any atom is 0.501 e. The van der Waals surface area contributed by atoms with Gasteiger partial charge in [-0.25, -0.2) is 8.42 Å². The first-order valence-electron chi connectivity index (χ1n) is 8.11. The van der Waals surface area contributed by atoms with Crippen LogP contribution in [0.15, 0.2) is 47.4 Å². The third-order valence-corrected chi connectivity index (χ3v) is 5.73. The number of hydrogen-bond donors (Lipinski definition) is 1. The smallest absolute Gasteiger partial charge is 0.309 e. The van der Waals surface area contributed by atoms with Crippen molar-refractivity contribution >= 4 is 22.0 Å². The van der Waals surface area contributed by atoms with E-state index in [1.54, 1.807) is 13.1 Å². The lowest BCUT2D eigenvalue weighted by Gasteiger charge is -2.17. The fourth-order valence-corrected chi connectivity index (χ4v) is 3.72. The molecule has 0 aliphatic heterocycles.